The summed E-state index contributed by atoms with van der Waals surface area (Å²) in [6.45, 7) is 0. The summed E-state index contributed by atoms with van der Waals surface area (Å²) in [4.78, 5) is 11.5. The van der Waals surface area contributed by atoms with E-state index in [-0.39, 0.29) is 9.92 Å². The number of nitrogens with zero attached hydrogens (tertiary/aromatic N) is 3. The summed E-state index contributed by atoms with van der Waals surface area (Å²) in [6, 6.07) is 11.4. The maximum atomic E-state index is 13.6. The predicted molar refractivity (Wildman–Crippen MR) is 109 cm³/mol. The third kappa shape index (κ3) is 4.74. The summed E-state index contributed by atoms with van der Waals surface area (Å²) in [7, 11) is -2.68. The van der Waals surface area contributed by atoms with Crippen LogP contribution in [0.5, 0.6) is 0 Å². The topological polar surface area (TPSA) is 119 Å². The lowest BCUT2D eigenvalue weighted by Crippen LogP contribution is -2.19. The van der Waals surface area contributed by atoms with Gasteiger partial charge in [-0.15, -0.1) is 0 Å². The van der Waals surface area contributed by atoms with Gasteiger partial charge in [0.15, 0.2) is 0 Å². The average molecular weight is 451 g/mol. The molecule has 0 bridgehead atoms. The number of aromatic nitrogens is 2. The van der Waals surface area contributed by atoms with Crippen molar-refractivity contribution in [3.63, 3.8) is 0 Å². The van der Waals surface area contributed by atoms with Crippen molar-refractivity contribution in [2.75, 3.05) is 7.05 Å². The van der Waals surface area contributed by atoms with Crippen molar-refractivity contribution >= 4 is 33.6 Å². The van der Waals surface area contributed by atoms with Crippen LogP contribution in [0.25, 0.3) is 23.0 Å². The van der Waals surface area contributed by atoms with Crippen molar-refractivity contribution in [2.45, 2.75) is 4.90 Å². The molecule has 0 radical (unpaired) electrons. The van der Waals surface area contributed by atoms with Gasteiger partial charge in [0.05, 0.1) is 27.0 Å². The minimum Gasteiger partial charge on any atom is -0.286 e. The van der Waals surface area contributed by atoms with E-state index in [9.17, 15) is 17.6 Å². The van der Waals surface area contributed by atoms with Gasteiger partial charge in [-0.05, 0) is 54.6 Å². The van der Waals surface area contributed by atoms with Crippen LogP contribution in [0.2, 0.25) is 5.02 Å². The van der Waals surface area contributed by atoms with Crippen LogP contribution in [0.15, 0.2) is 59.5 Å². The molecule has 0 saturated heterocycles. The number of primary sulfonamides is 1. The van der Waals surface area contributed by atoms with Crippen LogP contribution < -0.4 is 5.14 Å². The lowest BCUT2D eigenvalue weighted by Gasteiger charge is -2.09. The van der Waals surface area contributed by atoms with E-state index < -0.39 is 21.7 Å². The first-order valence-corrected chi connectivity index (χ1v) is 10.3. The molecule has 1 amide bonds. The second kappa shape index (κ2) is 8.36. The fourth-order valence-corrected chi connectivity index (χ4v) is 3.28. The van der Waals surface area contributed by atoms with Gasteiger partial charge in [0, 0.05) is 18.7 Å². The number of rotatable bonds is 5. The van der Waals surface area contributed by atoms with Crippen molar-refractivity contribution in [2.24, 2.45) is 5.14 Å². The molecule has 3 rings (SSSR count). The first-order chi connectivity index (χ1) is 14.1. The van der Waals surface area contributed by atoms with Crippen molar-refractivity contribution < 1.29 is 22.8 Å². The number of halogens is 2. The Kier molecular flexibility index (Phi) is 6.04. The van der Waals surface area contributed by atoms with E-state index in [1.54, 1.807) is 6.07 Å². The zero-order valence-electron chi connectivity index (χ0n) is 15.5. The molecule has 0 fully saturated rings. The molecule has 1 aromatic heterocycles. The van der Waals surface area contributed by atoms with E-state index in [2.05, 4.69) is 5.10 Å². The highest BCUT2D eigenvalue weighted by atomic mass is 35.5. The molecule has 2 aromatic carbocycles. The van der Waals surface area contributed by atoms with Crippen LogP contribution in [0, 0.1) is 5.82 Å². The highest BCUT2D eigenvalue weighted by Crippen LogP contribution is 2.28. The Labute approximate surface area is 176 Å². The fourth-order valence-electron chi connectivity index (χ4n) is 2.58. The van der Waals surface area contributed by atoms with Crippen LogP contribution >= 0.6 is 11.6 Å². The van der Waals surface area contributed by atoms with Gasteiger partial charge < -0.3 is 0 Å². The molecule has 30 heavy (non-hydrogen) atoms. The molecule has 3 aromatic rings. The molecule has 0 saturated carbocycles. The molecule has 0 unspecified atom stereocenters. The first kappa shape index (κ1) is 21.7. The SMILES string of the molecule is CN(O)C(=O)C=Cc1cc(-c2ccc(F)c(Cl)c2)n(-c2ccc(S(N)(=O)=O)cc2)n1. The maximum Gasteiger partial charge on any atom is 0.269 e. The number of likely N-dealkylation sites (N-methyl/N-ethyl adjacent to an activating group) is 1. The Balaban J connectivity index is 2.12. The molecule has 0 aliphatic rings. The molecule has 0 aliphatic carbocycles. The van der Waals surface area contributed by atoms with Gasteiger partial charge in [0.1, 0.15) is 5.82 Å². The average Bonchev–Trinajstić information content (AvgIpc) is 3.12. The zero-order chi connectivity index (χ0) is 22.1. The number of hydrogen-bond acceptors (Lipinski definition) is 5. The highest BCUT2D eigenvalue weighted by Gasteiger charge is 2.14. The minimum atomic E-state index is -3.86. The Hall–Kier alpha value is -3.05. The number of amides is 1. The summed E-state index contributed by atoms with van der Waals surface area (Å²) in [5, 5.41) is 19.0. The van der Waals surface area contributed by atoms with Crippen molar-refractivity contribution in [1.29, 1.82) is 0 Å². The lowest BCUT2D eigenvalue weighted by molar-refractivity contribution is -0.153. The van der Waals surface area contributed by atoms with Crippen molar-refractivity contribution in [3.8, 4) is 16.9 Å². The predicted octanol–water partition coefficient (Wildman–Crippen LogP) is 2.84. The van der Waals surface area contributed by atoms with Crippen LogP contribution in [0.1, 0.15) is 5.69 Å². The summed E-state index contributed by atoms with van der Waals surface area (Å²) >= 11 is 5.90. The molecule has 1 heterocycles. The second-order valence-electron chi connectivity index (χ2n) is 6.23. The number of hydrogen-bond donors (Lipinski definition) is 2. The van der Waals surface area contributed by atoms with Crippen molar-refractivity contribution in [1.82, 2.24) is 14.8 Å². The van der Waals surface area contributed by atoms with Crippen LogP contribution in [-0.4, -0.2) is 41.4 Å². The molecule has 8 nitrogen and oxygen atoms in total. The van der Waals surface area contributed by atoms with E-state index in [1.165, 1.54) is 60.3 Å². The van der Waals surface area contributed by atoms with E-state index in [4.69, 9.17) is 21.9 Å². The third-order valence-corrected chi connectivity index (χ3v) is 5.29. The van der Waals surface area contributed by atoms with Gasteiger partial charge in [0.25, 0.3) is 5.91 Å². The summed E-state index contributed by atoms with van der Waals surface area (Å²) in [5.74, 6) is -1.24. The molecule has 0 spiro atoms. The molecule has 3 N–H and O–H groups in total. The van der Waals surface area contributed by atoms with Gasteiger partial charge in [0.2, 0.25) is 10.0 Å². The van der Waals surface area contributed by atoms with E-state index in [1.807, 2.05) is 0 Å². The third-order valence-electron chi connectivity index (χ3n) is 4.07. The number of sulfonamides is 1. The summed E-state index contributed by atoms with van der Waals surface area (Å²) in [5.41, 5.74) is 1.89. The lowest BCUT2D eigenvalue weighted by atomic mass is 10.1. The molecule has 11 heteroatoms. The summed E-state index contributed by atoms with van der Waals surface area (Å²) < 4.78 is 38.0. The minimum absolute atomic E-state index is 0.0681. The van der Waals surface area contributed by atoms with Gasteiger partial charge in [-0.3, -0.25) is 10.0 Å². The van der Waals surface area contributed by atoms with Crippen molar-refractivity contribution in [3.05, 3.63) is 71.1 Å². The number of benzene rings is 2. The van der Waals surface area contributed by atoms with Crippen LogP contribution in [0.3, 0.4) is 0 Å². The second-order valence-corrected chi connectivity index (χ2v) is 8.20. The standard InChI is InChI=1S/C19H16ClFN4O4S/c1-24(27)19(26)9-3-13-11-18(12-2-8-17(21)16(20)10-12)25(23-13)14-4-6-15(7-5-14)30(22,28)29/h2-11,27H,1H3,(H2,22,28,29). The molecular formula is C19H16ClFN4O4S. The summed E-state index contributed by atoms with van der Waals surface area (Å²) in [6.07, 6.45) is 2.51. The number of carbonyl (C=O) groups excluding carboxylic acids is 1. The Morgan fingerprint density at radius 3 is 2.47 bits per heavy atom. The van der Waals surface area contributed by atoms with E-state index >= 15 is 0 Å². The van der Waals surface area contributed by atoms with E-state index in [0.29, 0.717) is 27.7 Å². The zero-order valence-corrected chi connectivity index (χ0v) is 17.1. The van der Waals surface area contributed by atoms with Gasteiger partial charge in [-0.1, -0.05) is 11.6 Å². The normalized spacial score (nSPS) is 11.8. The van der Waals surface area contributed by atoms with Gasteiger partial charge in [-0.2, -0.15) is 5.10 Å². The quantitative estimate of drug-likeness (QED) is 0.352. The first-order valence-electron chi connectivity index (χ1n) is 8.39. The number of nitrogens with two attached hydrogens (primary N) is 1. The number of carbonyl (C=O) groups is 1. The molecule has 0 aliphatic heterocycles. The Bertz CT molecular complexity index is 1240. The van der Waals surface area contributed by atoms with Gasteiger partial charge in [-0.25, -0.2) is 27.7 Å². The molecular weight excluding hydrogens is 435 g/mol. The largest absolute Gasteiger partial charge is 0.286 e. The maximum absolute atomic E-state index is 13.6. The Morgan fingerprint density at radius 2 is 1.90 bits per heavy atom. The highest BCUT2D eigenvalue weighted by molar-refractivity contribution is 7.89. The smallest absolute Gasteiger partial charge is 0.269 e. The Morgan fingerprint density at radius 1 is 1.23 bits per heavy atom. The molecule has 156 valence electrons. The number of hydroxylamine groups is 2. The van der Waals surface area contributed by atoms with E-state index in [0.717, 1.165) is 6.08 Å². The van der Waals surface area contributed by atoms with Crippen LogP contribution in [-0.2, 0) is 14.8 Å². The van der Waals surface area contributed by atoms with Gasteiger partial charge >= 0.3 is 0 Å². The van der Waals surface area contributed by atoms with Crippen LogP contribution in [0.4, 0.5) is 4.39 Å². The molecule has 0 atom stereocenters. The monoisotopic (exact) mass is 450 g/mol. The fraction of sp³-hybridized carbons (Fsp3) is 0.0526.